The quantitative estimate of drug-likeness (QED) is 0.665. The second-order valence-electron chi connectivity index (χ2n) is 5.18. The van der Waals surface area contributed by atoms with Gasteiger partial charge in [-0.3, -0.25) is 0 Å². The van der Waals surface area contributed by atoms with E-state index < -0.39 is 5.72 Å². The van der Waals surface area contributed by atoms with Crippen LogP contribution >= 0.6 is 0 Å². The van der Waals surface area contributed by atoms with E-state index in [0.29, 0.717) is 11.3 Å². The third-order valence-corrected chi connectivity index (χ3v) is 2.18. The second kappa shape index (κ2) is 3.75. The number of rotatable bonds is 3. The van der Waals surface area contributed by atoms with E-state index in [4.69, 9.17) is 10.5 Å². The van der Waals surface area contributed by atoms with Crippen LogP contribution in [0, 0.1) is 11.3 Å². The molecule has 0 aliphatic rings. The molecule has 74 valence electrons. The highest BCUT2D eigenvalue weighted by molar-refractivity contribution is 4.70. The Morgan fingerprint density at radius 3 is 1.83 bits per heavy atom. The van der Waals surface area contributed by atoms with Crippen LogP contribution in [-0.4, -0.2) is 12.3 Å². The second-order valence-corrected chi connectivity index (χ2v) is 5.18. The molecule has 2 heteroatoms. The first-order valence-electron chi connectivity index (χ1n) is 4.56. The van der Waals surface area contributed by atoms with Crippen molar-refractivity contribution in [3.8, 4) is 0 Å². The van der Waals surface area contributed by atoms with Gasteiger partial charge < -0.3 is 10.5 Å². The molecule has 0 radical (unpaired) electrons. The van der Waals surface area contributed by atoms with E-state index in [9.17, 15) is 0 Å². The number of hydrogen-bond acceptors (Lipinski definition) is 2. The maximum atomic E-state index is 5.70. The van der Waals surface area contributed by atoms with Crippen LogP contribution in [0.5, 0.6) is 0 Å². The van der Waals surface area contributed by atoms with Crippen molar-refractivity contribution >= 4 is 0 Å². The molecule has 0 fully saturated rings. The van der Waals surface area contributed by atoms with E-state index in [-0.39, 0.29) is 0 Å². The highest BCUT2D eigenvalue weighted by Gasteiger charge is 2.22. The number of nitrogens with two attached hydrogens (primary N) is 1. The fourth-order valence-electron chi connectivity index (χ4n) is 0.590. The molecule has 2 N–H and O–H groups in total. The van der Waals surface area contributed by atoms with Gasteiger partial charge >= 0.3 is 0 Å². The molecule has 0 aromatic rings. The Bertz CT molecular complexity index is 130. The Labute approximate surface area is 76.5 Å². The van der Waals surface area contributed by atoms with Gasteiger partial charge in [-0.15, -0.1) is 0 Å². The van der Waals surface area contributed by atoms with E-state index in [1.54, 1.807) is 0 Å². The fourth-order valence-corrected chi connectivity index (χ4v) is 0.590. The Morgan fingerprint density at radius 2 is 1.58 bits per heavy atom. The molecule has 0 aromatic heterocycles. The minimum absolute atomic E-state index is 0.297. The topological polar surface area (TPSA) is 35.2 Å². The molecule has 0 aromatic carbocycles. The van der Waals surface area contributed by atoms with Crippen molar-refractivity contribution in [2.24, 2.45) is 17.1 Å². The van der Waals surface area contributed by atoms with Gasteiger partial charge in [0.2, 0.25) is 0 Å². The van der Waals surface area contributed by atoms with Crippen LogP contribution in [0.3, 0.4) is 0 Å². The van der Waals surface area contributed by atoms with E-state index >= 15 is 0 Å². The van der Waals surface area contributed by atoms with Crippen molar-refractivity contribution in [2.75, 3.05) is 6.61 Å². The molecule has 0 amide bonds. The molecule has 0 aliphatic carbocycles. The first kappa shape index (κ1) is 11.9. The molecular formula is C10H23NO. The van der Waals surface area contributed by atoms with Gasteiger partial charge in [0.25, 0.3) is 0 Å². The van der Waals surface area contributed by atoms with Crippen LogP contribution < -0.4 is 5.73 Å². The van der Waals surface area contributed by atoms with Crippen molar-refractivity contribution in [3.05, 3.63) is 0 Å². The largest absolute Gasteiger partial charge is 0.361 e. The van der Waals surface area contributed by atoms with E-state index in [1.807, 2.05) is 13.8 Å². The summed E-state index contributed by atoms with van der Waals surface area (Å²) in [5, 5.41) is 0. The maximum Gasteiger partial charge on any atom is 0.111 e. The van der Waals surface area contributed by atoms with Crippen molar-refractivity contribution < 1.29 is 4.74 Å². The Balaban J connectivity index is 3.80. The smallest absolute Gasteiger partial charge is 0.111 e. The average molecular weight is 173 g/mol. The van der Waals surface area contributed by atoms with Crippen molar-refractivity contribution in [1.82, 2.24) is 0 Å². The van der Waals surface area contributed by atoms with Gasteiger partial charge in [0.15, 0.2) is 0 Å². The average Bonchev–Trinajstić information content (AvgIpc) is 1.78. The Hall–Kier alpha value is -0.0800. The van der Waals surface area contributed by atoms with Crippen LogP contribution in [0.25, 0.3) is 0 Å². The highest BCUT2D eigenvalue weighted by atomic mass is 16.5. The summed E-state index contributed by atoms with van der Waals surface area (Å²) >= 11 is 0. The normalized spacial score (nSPS) is 16.2. The van der Waals surface area contributed by atoms with Gasteiger partial charge in [-0.05, 0) is 25.2 Å². The van der Waals surface area contributed by atoms with Gasteiger partial charge in [0.1, 0.15) is 5.72 Å². The lowest BCUT2D eigenvalue weighted by Crippen LogP contribution is -2.38. The van der Waals surface area contributed by atoms with E-state index in [0.717, 1.165) is 6.61 Å². The summed E-state index contributed by atoms with van der Waals surface area (Å²) < 4.78 is 5.50. The lowest BCUT2D eigenvalue weighted by molar-refractivity contribution is -0.0449. The van der Waals surface area contributed by atoms with E-state index in [1.165, 1.54) is 0 Å². The third kappa shape index (κ3) is 5.56. The number of ether oxygens (including phenoxy) is 1. The van der Waals surface area contributed by atoms with Crippen molar-refractivity contribution in [1.29, 1.82) is 0 Å². The van der Waals surface area contributed by atoms with Gasteiger partial charge in [0, 0.05) is 0 Å². The zero-order chi connectivity index (χ0) is 9.99. The molecule has 0 saturated carbocycles. The highest BCUT2D eigenvalue weighted by Crippen LogP contribution is 2.25. The summed E-state index contributed by atoms with van der Waals surface area (Å²) in [7, 11) is 0. The summed E-state index contributed by atoms with van der Waals surface area (Å²) in [6, 6.07) is 0. The summed E-state index contributed by atoms with van der Waals surface area (Å²) in [4.78, 5) is 0. The molecule has 12 heavy (non-hydrogen) atoms. The zero-order valence-electron chi connectivity index (χ0n) is 9.27. The first-order chi connectivity index (χ1) is 5.13. The van der Waals surface area contributed by atoms with E-state index in [2.05, 4.69) is 27.7 Å². The summed E-state index contributed by atoms with van der Waals surface area (Å²) in [6.07, 6.45) is 0. The van der Waals surface area contributed by atoms with Crippen LogP contribution in [0.4, 0.5) is 0 Å². The molecular weight excluding hydrogens is 150 g/mol. The Kier molecular flexibility index (Phi) is 3.73. The SMILES string of the molecule is CC(COC(C)(C)N)C(C)(C)C. The Morgan fingerprint density at radius 1 is 1.17 bits per heavy atom. The van der Waals surface area contributed by atoms with Crippen molar-refractivity contribution in [3.63, 3.8) is 0 Å². The molecule has 0 heterocycles. The monoisotopic (exact) mass is 173 g/mol. The summed E-state index contributed by atoms with van der Waals surface area (Å²) in [6.45, 7) is 13.3. The first-order valence-corrected chi connectivity index (χ1v) is 4.56. The van der Waals surface area contributed by atoms with Crippen LogP contribution in [0.1, 0.15) is 41.5 Å². The lowest BCUT2D eigenvalue weighted by atomic mass is 9.83. The fraction of sp³-hybridized carbons (Fsp3) is 1.00. The number of hydrogen-bond donors (Lipinski definition) is 1. The molecule has 0 saturated heterocycles. The van der Waals surface area contributed by atoms with Gasteiger partial charge in [-0.2, -0.15) is 0 Å². The molecule has 2 nitrogen and oxygen atoms in total. The summed E-state index contributed by atoms with van der Waals surface area (Å²) in [5.74, 6) is 0.528. The zero-order valence-corrected chi connectivity index (χ0v) is 9.27. The van der Waals surface area contributed by atoms with Crippen LogP contribution in [0.15, 0.2) is 0 Å². The minimum Gasteiger partial charge on any atom is -0.361 e. The predicted molar refractivity (Wildman–Crippen MR) is 52.8 cm³/mol. The molecule has 0 rings (SSSR count). The van der Waals surface area contributed by atoms with Crippen LogP contribution in [-0.2, 0) is 4.74 Å². The maximum absolute atomic E-state index is 5.70. The molecule has 1 unspecified atom stereocenters. The molecule has 1 atom stereocenters. The summed E-state index contributed by atoms with van der Waals surface area (Å²) in [5.41, 5.74) is 5.50. The van der Waals surface area contributed by atoms with Gasteiger partial charge in [0.05, 0.1) is 6.61 Å². The standard InChI is InChI=1S/C10H23NO/c1-8(9(2,3)4)7-12-10(5,6)11/h8H,7,11H2,1-6H3. The molecule has 0 aliphatic heterocycles. The third-order valence-electron chi connectivity index (χ3n) is 2.18. The minimum atomic E-state index is -0.500. The van der Waals surface area contributed by atoms with Crippen molar-refractivity contribution in [2.45, 2.75) is 47.3 Å². The lowest BCUT2D eigenvalue weighted by Gasteiger charge is -2.30. The molecule has 0 spiro atoms. The molecule has 0 bridgehead atoms. The predicted octanol–water partition coefficient (Wildman–Crippen LogP) is 2.38. The van der Waals surface area contributed by atoms with Gasteiger partial charge in [-0.1, -0.05) is 27.7 Å². The van der Waals surface area contributed by atoms with Gasteiger partial charge in [-0.25, -0.2) is 0 Å². The van der Waals surface area contributed by atoms with Crippen LogP contribution in [0.2, 0.25) is 0 Å².